The van der Waals surface area contributed by atoms with Crippen LogP contribution in [0, 0.1) is 0 Å². The molecule has 3 aromatic rings. The normalized spacial score (nSPS) is 14.2. The Kier molecular flexibility index (Phi) is 16.4. The maximum atomic E-state index is 12.6. The molecule has 0 aromatic heterocycles. The fourth-order valence-corrected chi connectivity index (χ4v) is 11.4. The smallest absolute Gasteiger partial charge is 0.0623 e. The average molecular weight is 714 g/mol. The van der Waals surface area contributed by atoms with E-state index >= 15 is 0 Å². The molecular formula is C37H50O7SeSi. The average Bonchev–Trinajstić information content (AvgIpc) is 3.05. The van der Waals surface area contributed by atoms with Gasteiger partial charge in [-0.15, -0.1) is 0 Å². The van der Waals surface area contributed by atoms with Gasteiger partial charge in [0.1, 0.15) is 0 Å². The second-order valence-electron chi connectivity index (χ2n) is 12.0. The van der Waals surface area contributed by atoms with E-state index in [2.05, 4.69) is 81.4 Å². The minimum atomic E-state index is -2.58. The van der Waals surface area contributed by atoms with E-state index in [1.807, 2.05) is 49.4 Å². The molecule has 0 fully saturated rings. The molecule has 0 saturated heterocycles. The molecule has 3 rings (SSSR count). The zero-order valence-corrected chi connectivity index (χ0v) is 30.8. The van der Waals surface area contributed by atoms with Gasteiger partial charge in [0.2, 0.25) is 0 Å². The first-order valence-electron chi connectivity index (χ1n) is 15.8. The Morgan fingerprint density at radius 3 is 1.87 bits per heavy atom. The van der Waals surface area contributed by atoms with Crippen molar-refractivity contribution in [3.8, 4) is 0 Å². The van der Waals surface area contributed by atoms with Crippen molar-refractivity contribution in [2.24, 2.45) is 0 Å². The van der Waals surface area contributed by atoms with Crippen molar-refractivity contribution in [1.29, 1.82) is 0 Å². The summed E-state index contributed by atoms with van der Waals surface area (Å²) in [5.41, 5.74) is 0. The third kappa shape index (κ3) is 11.6. The Hall–Kier alpha value is -2.59. The Bertz CT molecular complexity index is 1250. The molecule has 3 atom stereocenters. The Morgan fingerprint density at radius 2 is 1.33 bits per heavy atom. The van der Waals surface area contributed by atoms with Gasteiger partial charge in [-0.3, -0.25) is 0 Å². The molecule has 0 saturated carbocycles. The predicted molar refractivity (Wildman–Crippen MR) is 188 cm³/mol. The van der Waals surface area contributed by atoms with Crippen LogP contribution in [0.25, 0.3) is 0 Å². The predicted octanol–water partition coefficient (Wildman–Crippen LogP) is 5.82. The van der Waals surface area contributed by atoms with E-state index in [4.69, 9.17) is 28.1 Å². The first-order valence-corrected chi connectivity index (χ1v) is 19.4. The van der Waals surface area contributed by atoms with Gasteiger partial charge in [0, 0.05) is 0 Å². The molecule has 0 spiro atoms. The minimum Gasteiger partial charge on any atom is -0.0623 e. The molecule has 7 nitrogen and oxygen atoms in total. The SMILES string of the molecule is COCO[C@@H](/C=C\[C@@H](OCOC)[C@H](C)OC(=O)[Se]c1ccccc1)CCCCO[Si](c1ccccc1)(c1ccccc1)C(C)(C)C. The van der Waals surface area contributed by atoms with Crippen LogP contribution in [0.5, 0.6) is 0 Å². The summed E-state index contributed by atoms with van der Waals surface area (Å²) in [5, 5.41) is 2.49. The number of benzene rings is 3. The molecule has 0 aliphatic rings. The van der Waals surface area contributed by atoms with E-state index in [0.717, 1.165) is 23.7 Å². The first-order chi connectivity index (χ1) is 22.2. The van der Waals surface area contributed by atoms with Gasteiger partial charge in [0.25, 0.3) is 8.32 Å². The number of carbonyl (C=O) groups is 1. The summed E-state index contributed by atoms with van der Waals surface area (Å²) < 4.78 is 36.0. The van der Waals surface area contributed by atoms with E-state index in [1.54, 1.807) is 14.2 Å². The molecule has 0 aliphatic carbocycles. The Morgan fingerprint density at radius 1 is 0.783 bits per heavy atom. The second-order valence-corrected chi connectivity index (χ2v) is 18.5. The Balaban J connectivity index is 1.65. The van der Waals surface area contributed by atoms with E-state index < -0.39 is 35.5 Å². The van der Waals surface area contributed by atoms with Crippen molar-refractivity contribution in [3.05, 3.63) is 103 Å². The summed E-state index contributed by atoms with van der Waals surface area (Å²) in [6, 6.07) is 31.0. The Labute approximate surface area is 282 Å². The number of unbranched alkanes of at least 4 members (excludes halogenated alkanes) is 1. The summed E-state index contributed by atoms with van der Waals surface area (Å²) in [7, 11) is 0.599. The molecule has 0 heterocycles. The van der Waals surface area contributed by atoms with Gasteiger partial charge >= 0.3 is 179 Å². The fourth-order valence-electron chi connectivity index (χ4n) is 5.38. The van der Waals surface area contributed by atoms with Crippen LogP contribution in [0.15, 0.2) is 103 Å². The van der Waals surface area contributed by atoms with Gasteiger partial charge in [-0.25, -0.2) is 0 Å². The molecule has 0 aliphatic heterocycles. The molecule has 0 unspecified atom stereocenters. The summed E-state index contributed by atoms with van der Waals surface area (Å²) in [5.74, 6) is 0. The molecule has 0 bridgehead atoms. The standard InChI is InChI=1S/C37H50O7SeSi/c1-30(44-36(38)45-32-19-10-7-11-20-32)35(42-29-40-6)26-25-31(41-28-39-5)18-16-17-27-43-46(37(2,3)4,33-21-12-8-13-22-33)34-23-14-9-15-24-34/h7-15,19-26,30-31,35H,16-18,27-29H2,1-6H3/b26-25-/t30-,31+,35+/m0/s1. The molecule has 0 amide bonds. The second kappa shape index (κ2) is 19.9. The summed E-state index contributed by atoms with van der Waals surface area (Å²) in [6.07, 6.45) is 5.19. The minimum absolute atomic E-state index is 0.0673. The van der Waals surface area contributed by atoms with Crippen molar-refractivity contribution in [3.63, 3.8) is 0 Å². The van der Waals surface area contributed by atoms with Crippen LogP contribution in [0.2, 0.25) is 5.04 Å². The number of hydrogen-bond donors (Lipinski definition) is 0. The fraction of sp³-hybridized carbons (Fsp3) is 0.432. The number of methoxy groups -OCH3 is 2. The van der Waals surface area contributed by atoms with E-state index in [1.165, 1.54) is 10.4 Å². The van der Waals surface area contributed by atoms with Crippen LogP contribution in [0.3, 0.4) is 0 Å². The molecule has 0 radical (unpaired) electrons. The van der Waals surface area contributed by atoms with E-state index in [0.29, 0.717) is 6.61 Å². The van der Waals surface area contributed by atoms with Gasteiger partial charge in [-0.05, 0) is 15.4 Å². The van der Waals surface area contributed by atoms with Crippen molar-refractivity contribution in [2.45, 2.75) is 70.3 Å². The molecule has 0 N–H and O–H groups in total. The van der Waals surface area contributed by atoms with Gasteiger partial charge in [-0.1, -0.05) is 81.4 Å². The van der Waals surface area contributed by atoms with Gasteiger partial charge in [0.15, 0.2) is 0 Å². The zero-order chi connectivity index (χ0) is 33.3. The van der Waals surface area contributed by atoms with Gasteiger partial charge < -0.3 is 0 Å². The molecule has 3 aromatic carbocycles. The number of hydrogen-bond acceptors (Lipinski definition) is 7. The molecule has 250 valence electrons. The number of carbonyl (C=O) groups excluding carboxylic acids is 1. The molecular weight excluding hydrogens is 663 g/mol. The van der Waals surface area contributed by atoms with Crippen molar-refractivity contribution in [2.75, 3.05) is 34.4 Å². The van der Waals surface area contributed by atoms with Crippen molar-refractivity contribution >= 4 is 43.0 Å². The van der Waals surface area contributed by atoms with Gasteiger partial charge in [-0.2, -0.15) is 0 Å². The third-order valence-corrected chi connectivity index (χ3v) is 14.3. The summed E-state index contributed by atoms with van der Waals surface area (Å²) in [6.45, 7) is 9.59. The van der Waals surface area contributed by atoms with Crippen LogP contribution in [0.1, 0.15) is 47.0 Å². The van der Waals surface area contributed by atoms with Crippen molar-refractivity contribution < 1.29 is 32.9 Å². The van der Waals surface area contributed by atoms with E-state index in [9.17, 15) is 4.79 Å². The van der Waals surface area contributed by atoms with Crippen LogP contribution in [-0.2, 0) is 28.1 Å². The first kappa shape index (κ1) is 37.9. The summed E-state index contributed by atoms with van der Waals surface area (Å²) >= 11 is -0.439. The van der Waals surface area contributed by atoms with Crippen LogP contribution in [0.4, 0.5) is 4.79 Å². The third-order valence-electron chi connectivity index (χ3n) is 7.60. The van der Waals surface area contributed by atoms with Crippen LogP contribution >= 0.6 is 0 Å². The van der Waals surface area contributed by atoms with Crippen LogP contribution in [-0.4, -0.2) is 80.9 Å². The molecule has 9 heteroatoms. The number of ether oxygens (including phenoxy) is 5. The number of rotatable bonds is 20. The quantitative estimate of drug-likeness (QED) is 0.0633. The van der Waals surface area contributed by atoms with Crippen molar-refractivity contribution in [1.82, 2.24) is 0 Å². The van der Waals surface area contributed by atoms with Crippen LogP contribution < -0.4 is 14.8 Å². The monoisotopic (exact) mass is 714 g/mol. The topological polar surface area (TPSA) is 72.5 Å². The van der Waals surface area contributed by atoms with E-state index in [-0.39, 0.29) is 29.6 Å². The molecule has 46 heavy (non-hydrogen) atoms. The summed E-state index contributed by atoms with van der Waals surface area (Å²) in [4.78, 5) is 12.4. The zero-order valence-electron chi connectivity index (χ0n) is 28.1. The maximum absolute atomic E-state index is 12.6. The van der Waals surface area contributed by atoms with Gasteiger partial charge in [0.05, 0.1) is 0 Å².